The first kappa shape index (κ1) is 66.0. The fourth-order valence-corrected chi connectivity index (χ4v) is 8.58. The van der Waals surface area contributed by atoms with E-state index in [0.29, 0.717) is 77.7 Å². The van der Waals surface area contributed by atoms with Crippen LogP contribution < -0.4 is 89.6 Å². The lowest BCUT2D eigenvalue weighted by molar-refractivity contribution is -0.118. The minimum atomic E-state index is -1.17. The quantitative estimate of drug-likeness (QED) is 0.0291. The summed E-state index contributed by atoms with van der Waals surface area (Å²) in [5, 5.41) is 19.4. The third kappa shape index (κ3) is 19.6. The number of ether oxygens (including phenoxy) is 5. The van der Waals surface area contributed by atoms with E-state index in [1.807, 2.05) is 0 Å². The highest BCUT2D eigenvalue weighted by molar-refractivity contribution is 6.08. The normalized spacial score (nSPS) is 11.9. The first-order valence-corrected chi connectivity index (χ1v) is 27.0. The topological polar surface area (TPSA) is 397 Å². The average Bonchev–Trinajstić information content (AvgIpc) is 3.53. The van der Waals surface area contributed by atoms with Gasteiger partial charge in [-0.05, 0) is 157 Å². The monoisotopic (exact) mass is 1140 g/mol. The van der Waals surface area contributed by atoms with Crippen molar-refractivity contribution < 1.29 is 62.0 Å². The van der Waals surface area contributed by atoms with E-state index in [0.717, 1.165) is 12.8 Å². The van der Waals surface area contributed by atoms with Gasteiger partial charge in [-0.1, -0.05) is 6.42 Å². The van der Waals surface area contributed by atoms with Crippen LogP contribution in [0.3, 0.4) is 0 Å². The molecule has 0 aliphatic heterocycles. The van der Waals surface area contributed by atoms with E-state index in [1.54, 1.807) is 0 Å². The second-order valence-electron chi connectivity index (χ2n) is 18.9. The van der Waals surface area contributed by atoms with E-state index in [2.05, 4.69) is 37.2 Å². The number of nitrogens with two attached hydrogens (primary N) is 5. The zero-order valence-electron chi connectivity index (χ0n) is 47.3. The number of hydrogen-bond donors (Lipinski definition) is 12. The van der Waals surface area contributed by atoms with Crippen LogP contribution in [-0.2, 0) is 14.4 Å². The smallest absolute Gasteiger partial charge is 0.255 e. The van der Waals surface area contributed by atoms with E-state index in [9.17, 15) is 38.4 Å². The highest BCUT2D eigenvalue weighted by Crippen LogP contribution is 2.31. The van der Waals surface area contributed by atoms with Crippen LogP contribution in [0, 0.1) is 0 Å². The van der Waals surface area contributed by atoms with Gasteiger partial charge in [0.05, 0.1) is 63.4 Å². The molecule has 0 fully saturated rings. The third-order valence-electron chi connectivity index (χ3n) is 13.0. The summed E-state index contributed by atoms with van der Waals surface area (Å²) in [6.07, 6.45) is 5.76. The largest absolute Gasteiger partial charge is 0.496 e. The summed E-state index contributed by atoms with van der Waals surface area (Å²) < 4.78 is 27.2. The fraction of sp³-hybridized carbons (Fsp3) is 0.439. The number of carbonyl (C=O) groups is 8. The van der Waals surface area contributed by atoms with Crippen LogP contribution in [0.2, 0.25) is 0 Å². The Morgan fingerprint density at radius 1 is 0.378 bits per heavy atom. The van der Waals surface area contributed by atoms with Gasteiger partial charge >= 0.3 is 0 Å². The number of unbranched alkanes of at least 4 members (excludes halogenated alkanes) is 5. The molecule has 4 rings (SSSR count). The Balaban J connectivity index is 1.57. The highest BCUT2D eigenvalue weighted by Gasteiger charge is 2.29. The van der Waals surface area contributed by atoms with Crippen LogP contribution in [0.15, 0.2) is 66.7 Å². The fourth-order valence-electron chi connectivity index (χ4n) is 8.58. The second-order valence-corrected chi connectivity index (χ2v) is 18.9. The second kappa shape index (κ2) is 34.6. The average molecular weight is 1140 g/mol. The van der Waals surface area contributed by atoms with Gasteiger partial charge in [0.1, 0.15) is 46.9 Å². The zero-order chi connectivity index (χ0) is 60.1. The molecule has 0 heterocycles. The van der Waals surface area contributed by atoms with E-state index in [4.69, 9.17) is 52.4 Å². The Morgan fingerprint density at radius 2 is 0.695 bits per heavy atom. The van der Waals surface area contributed by atoms with E-state index in [1.165, 1.54) is 102 Å². The lowest BCUT2D eigenvalue weighted by atomic mass is 10.0. The van der Waals surface area contributed by atoms with Crippen molar-refractivity contribution in [2.75, 3.05) is 84.2 Å². The lowest BCUT2D eigenvalue weighted by Crippen LogP contribution is -2.44. The summed E-state index contributed by atoms with van der Waals surface area (Å²) in [4.78, 5) is 110. The molecular formula is C57H80N12O13. The maximum Gasteiger partial charge on any atom is 0.255 e. The number of primary amides is 1. The van der Waals surface area contributed by atoms with Crippen LogP contribution in [0.4, 0.5) is 17.1 Å². The Hall–Kier alpha value is -8.52. The molecule has 3 atom stereocenters. The van der Waals surface area contributed by atoms with Gasteiger partial charge in [0.15, 0.2) is 0 Å². The summed E-state index contributed by atoms with van der Waals surface area (Å²) in [5.41, 5.74) is 29.0. The first-order valence-electron chi connectivity index (χ1n) is 27.0. The molecule has 82 heavy (non-hydrogen) atoms. The lowest BCUT2D eigenvalue weighted by Gasteiger charge is -2.22. The van der Waals surface area contributed by atoms with Crippen LogP contribution in [0.5, 0.6) is 28.7 Å². The van der Waals surface area contributed by atoms with Gasteiger partial charge in [0.25, 0.3) is 29.5 Å². The van der Waals surface area contributed by atoms with Crippen LogP contribution in [-0.4, -0.2) is 134 Å². The Bertz CT molecular complexity index is 2830. The minimum Gasteiger partial charge on any atom is -0.496 e. The van der Waals surface area contributed by atoms with Crippen LogP contribution in [0.1, 0.15) is 129 Å². The summed E-state index contributed by atoms with van der Waals surface area (Å²) >= 11 is 0. The number of nitrogens with one attached hydrogen (secondary N) is 7. The van der Waals surface area contributed by atoms with Crippen molar-refractivity contribution in [1.82, 2.24) is 21.3 Å². The van der Waals surface area contributed by atoms with Crippen molar-refractivity contribution in [3.05, 3.63) is 94.5 Å². The molecule has 0 aromatic heterocycles. The molecule has 0 bridgehead atoms. The molecule has 0 saturated heterocycles. The molecular weight excluding hydrogens is 1060 g/mol. The van der Waals surface area contributed by atoms with E-state index >= 15 is 0 Å². The van der Waals surface area contributed by atoms with Gasteiger partial charge in [-0.25, -0.2) is 0 Å². The molecule has 8 amide bonds. The van der Waals surface area contributed by atoms with Crippen LogP contribution >= 0.6 is 0 Å². The molecule has 1 unspecified atom stereocenters. The minimum absolute atomic E-state index is 0.0327. The molecule has 0 aliphatic carbocycles. The van der Waals surface area contributed by atoms with Crippen molar-refractivity contribution in [3.8, 4) is 28.7 Å². The maximum atomic E-state index is 14.3. The maximum absolute atomic E-state index is 14.3. The van der Waals surface area contributed by atoms with Crippen molar-refractivity contribution in [3.63, 3.8) is 0 Å². The molecule has 0 spiro atoms. The molecule has 0 radical (unpaired) electrons. The molecule has 25 heteroatoms. The highest BCUT2D eigenvalue weighted by atomic mass is 16.5. The predicted octanol–water partition coefficient (Wildman–Crippen LogP) is 3.29. The molecule has 4 aromatic rings. The third-order valence-corrected chi connectivity index (χ3v) is 13.0. The van der Waals surface area contributed by atoms with Crippen LogP contribution in [0.25, 0.3) is 0 Å². The van der Waals surface area contributed by atoms with Gasteiger partial charge < -0.3 is 89.6 Å². The molecule has 4 aromatic carbocycles. The van der Waals surface area contributed by atoms with Crippen molar-refractivity contribution in [2.24, 2.45) is 28.7 Å². The number of carbonyl (C=O) groups excluding carboxylic acids is 8. The number of amides is 8. The number of anilines is 3. The Kier molecular flexibility index (Phi) is 27.8. The number of rotatable bonds is 36. The van der Waals surface area contributed by atoms with Crippen molar-refractivity contribution in [1.29, 1.82) is 0 Å². The molecule has 0 aliphatic rings. The summed E-state index contributed by atoms with van der Waals surface area (Å²) in [7, 11) is 6.80. The molecule has 0 saturated carbocycles. The molecule has 17 N–H and O–H groups in total. The van der Waals surface area contributed by atoms with Gasteiger partial charge in [0, 0.05) is 29.7 Å². The van der Waals surface area contributed by atoms with Gasteiger partial charge in [-0.15, -0.1) is 0 Å². The van der Waals surface area contributed by atoms with E-state index in [-0.39, 0.29) is 92.9 Å². The van der Waals surface area contributed by atoms with Gasteiger partial charge in [-0.2, -0.15) is 0 Å². The SMILES string of the molecule is COc1ccc(NC(=O)[C@H](CCCCN)NC(=O)c2cc(NC(=O)[C@H](CCCCN)NC(=O)c3cc(NC(=O)C(CCCCN)NC(=O)c4cc(C(=O)NCCCCCN)c(OC)cc4OC)ccc3OC)ccc2OC)cc1C(N)=O. The standard InChI is InChI=1S/C57H80N12O13/c1-78-45-21-18-34(29-37(45)50(62)70)64-55(75)42(15-7-11-25-59)67-52(72)38-30-35(19-22-46(38)79-2)65-56(76)43(16-8-12-26-60)68-53(73)39-31-36(20-23-47(39)80-3)66-57(77)44(17-9-13-27-61)69-54(74)41-32-40(48(81-4)33-49(41)82-5)51(71)63-28-14-6-10-24-58/h18-23,29-33,42-44H,6-17,24-28,58-61H2,1-5H3,(H2,62,70)(H,63,71)(H,64,75)(H,65,76)(H,66,77)(H,67,72)(H,68,73)(H,69,74)/t42-,43-,44?/m0/s1. The van der Waals surface area contributed by atoms with E-state index < -0.39 is 65.4 Å². The Morgan fingerprint density at radius 3 is 1.04 bits per heavy atom. The number of hydrogen-bond acceptors (Lipinski definition) is 17. The van der Waals surface area contributed by atoms with Gasteiger partial charge in [0.2, 0.25) is 17.7 Å². The van der Waals surface area contributed by atoms with Crippen molar-refractivity contribution in [2.45, 2.75) is 95.2 Å². The molecule has 446 valence electrons. The van der Waals surface area contributed by atoms with Crippen molar-refractivity contribution >= 4 is 64.3 Å². The first-order chi connectivity index (χ1) is 39.5. The zero-order valence-corrected chi connectivity index (χ0v) is 47.3. The number of methoxy groups -OCH3 is 5. The summed E-state index contributed by atoms with van der Waals surface area (Å²) in [5.74, 6) is -4.65. The summed E-state index contributed by atoms with van der Waals surface area (Å²) in [6.45, 7) is 1.89. The van der Waals surface area contributed by atoms with Gasteiger partial charge in [-0.3, -0.25) is 38.4 Å². The Labute approximate surface area is 477 Å². The molecule has 25 nitrogen and oxygen atoms in total. The summed E-state index contributed by atoms with van der Waals surface area (Å²) in [6, 6.07) is 12.3. The predicted molar refractivity (Wildman–Crippen MR) is 311 cm³/mol. The number of benzene rings is 4.